The van der Waals surface area contributed by atoms with Gasteiger partial charge in [-0.25, -0.2) is 14.8 Å². The third-order valence-electron chi connectivity index (χ3n) is 5.20. The number of benzene rings is 1. The fourth-order valence-electron chi connectivity index (χ4n) is 4.04. The molecule has 0 aliphatic heterocycles. The number of alkyl halides is 3. The van der Waals surface area contributed by atoms with E-state index in [1.807, 2.05) is 19.2 Å². The van der Waals surface area contributed by atoms with Crippen molar-refractivity contribution < 1.29 is 27.4 Å². The minimum absolute atomic E-state index is 0.145. The summed E-state index contributed by atoms with van der Waals surface area (Å²) in [7, 11) is 0. The predicted octanol–water partition coefficient (Wildman–Crippen LogP) is 7.39. The van der Waals surface area contributed by atoms with Crippen molar-refractivity contribution in [3.8, 4) is 17.0 Å². The molecule has 36 heavy (non-hydrogen) atoms. The summed E-state index contributed by atoms with van der Waals surface area (Å²) in [4.78, 5) is 21.9. The molecule has 0 spiro atoms. The fraction of sp³-hybridized carbons (Fsp3) is 0.500. The van der Waals surface area contributed by atoms with Crippen LogP contribution in [0.15, 0.2) is 29.6 Å². The zero-order valence-corrected chi connectivity index (χ0v) is 22.4. The number of aryl methyl sites for hydroxylation is 1. The highest BCUT2D eigenvalue weighted by molar-refractivity contribution is 7.16. The molecule has 3 rings (SSSR count). The number of ether oxygens (including phenoxy) is 2. The van der Waals surface area contributed by atoms with Crippen molar-refractivity contribution in [2.45, 2.75) is 72.2 Å². The Bertz CT molecular complexity index is 1230. The average Bonchev–Trinajstić information content (AvgIpc) is 3.17. The lowest BCUT2D eigenvalue weighted by molar-refractivity contribution is -0.139. The minimum Gasteiger partial charge on any atom is -0.491 e. The second-order valence-electron chi connectivity index (χ2n) is 10.5. The summed E-state index contributed by atoms with van der Waals surface area (Å²) in [5.74, 6) is 0.304. The molecule has 1 atom stereocenters. The average molecular weight is 524 g/mol. The zero-order valence-electron chi connectivity index (χ0n) is 21.5. The molecule has 0 bridgehead atoms. The molecule has 1 amide bonds. The maximum atomic E-state index is 14.1. The van der Waals surface area contributed by atoms with Gasteiger partial charge in [0.15, 0.2) is 0 Å². The summed E-state index contributed by atoms with van der Waals surface area (Å²) >= 11 is 1.40. The van der Waals surface area contributed by atoms with Crippen LogP contribution in [0, 0.1) is 12.8 Å². The van der Waals surface area contributed by atoms with Gasteiger partial charge in [-0.1, -0.05) is 13.8 Å². The monoisotopic (exact) mass is 523 g/mol. The topological polar surface area (TPSA) is 73.3 Å². The number of nitrogens with zero attached hydrogens (tertiary/aromatic N) is 2. The molecule has 0 unspecified atom stereocenters. The van der Waals surface area contributed by atoms with Crippen molar-refractivity contribution in [2.24, 2.45) is 5.92 Å². The van der Waals surface area contributed by atoms with Crippen LogP contribution in [0.4, 0.5) is 18.0 Å². The number of carbonyl (C=O) groups is 1. The van der Waals surface area contributed by atoms with E-state index in [9.17, 15) is 18.0 Å². The van der Waals surface area contributed by atoms with Crippen LogP contribution in [0.2, 0.25) is 0 Å². The lowest BCUT2D eigenvalue weighted by Gasteiger charge is -2.33. The predicted molar refractivity (Wildman–Crippen MR) is 135 cm³/mol. The van der Waals surface area contributed by atoms with E-state index >= 15 is 0 Å². The Balaban J connectivity index is 1.93. The molecule has 2 heterocycles. The molecular weight excluding hydrogens is 491 g/mol. The number of thiophene rings is 1. The van der Waals surface area contributed by atoms with E-state index in [2.05, 4.69) is 15.3 Å². The molecule has 1 aromatic carbocycles. The summed E-state index contributed by atoms with van der Waals surface area (Å²) in [6.45, 7) is 12.4. The van der Waals surface area contributed by atoms with Gasteiger partial charge in [0.2, 0.25) is 0 Å². The van der Waals surface area contributed by atoms with Crippen LogP contribution in [-0.2, 0) is 10.9 Å². The van der Waals surface area contributed by atoms with Crippen molar-refractivity contribution in [1.29, 1.82) is 0 Å². The van der Waals surface area contributed by atoms with Crippen molar-refractivity contribution in [2.75, 3.05) is 6.61 Å². The highest BCUT2D eigenvalue weighted by atomic mass is 32.1. The van der Waals surface area contributed by atoms with Crippen molar-refractivity contribution >= 4 is 27.6 Å². The van der Waals surface area contributed by atoms with Gasteiger partial charge >= 0.3 is 12.3 Å². The summed E-state index contributed by atoms with van der Waals surface area (Å²) in [5, 5.41) is 5.31. The first-order chi connectivity index (χ1) is 16.6. The molecule has 0 aliphatic carbocycles. The molecule has 0 saturated carbocycles. The van der Waals surface area contributed by atoms with Gasteiger partial charge in [-0.3, -0.25) is 0 Å². The van der Waals surface area contributed by atoms with Crippen LogP contribution in [0.5, 0.6) is 5.75 Å². The Morgan fingerprint density at radius 2 is 1.81 bits per heavy atom. The molecule has 1 N–H and O–H groups in total. The van der Waals surface area contributed by atoms with Gasteiger partial charge < -0.3 is 14.8 Å². The van der Waals surface area contributed by atoms with E-state index in [-0.39, 0.29) is 18.3 Å². The van der Waals surface area contributed by atoms with E-state index in [1.54, 1.807) is 46.8 Å². The summed E-state index contributed by atoms with van der Waals surface area (Å²) in [6, 6.07) is 5.71. The Morgan fingerprint density at radius 1 is 1.11 bits per heavy atom. The number of aromatic nitrogens is 2. The first kappa shape index (κ1) is 27.7. The van der Waals surface area contributed by atoms with E-state index in [4.69, 9.17) is 9.47 Å². The van der Waals surface area contributed by atoms with Gasteiger partial charge in [0.05, 0.1) is 16.8 Å². The lowest BCUT2D eigenvalue weighted by atomic mass is 9.91. The number of carbonyl (C=O) groups excluding carboxylic acids is 1. The second kappa shape index (κ2) is 10.2. The molecular formula is C26H32F3N3O3S. The molecule has 10 heteroatoms. The van der Waals surface area contributed by atoms with Crippen LogP contribution >= 0.6 is 11.3 Å². The van der Waals surface area contributed by atoms with Gasteiger partial charge in [-0.2, -0.15) is 13.2 Å². The van der Waals surface area contributed by atoms with Crippen molar-refractivity contribution in [3.05, 3.63) is 41.0 Å². The number of nitrogens with one attached hydrogen (secondary N) is 1. The van der Waals surface area contributed by atoms with E-state index in [0.717, 1.165) is 6.07 Å². The van der Waals surface area contributed by atoms with E-state index < -0.39 is 29.0 Å². The SMILES string of the molecule is Cc1nc(-c2ccc(OC[C@](C)(CC(C)C)NC(=O)OC(C)(C)C)c(C(F)(F)F)c2)c2ccsc2n1. The number of halogens is 3. The largest absolute Gasteiger partial charge is 0.491 e. The Hall–Kier alpha value is -2.88. The first-order valence-corrected chi connectivity index (χ1v) is 12.5. The van der Waals surface area contributed by atoms with Crippen molar-refractivity contribution in [3.63, 3.8) is 0 Å². The summed E-state index contributed by atoms with van der Waals surface area (Å²) < 4.78 is 53.4. The van der Waals surface area contributed by atoms with E-state index in [1.165, 1.54) is 17.4 Å². The Morgan fingerprint density at radius 3 is 2.42 bits per heavy atom. The van der Waals surface area contributed by atoms with E-state index in [0.29, 0.717) is 33.7 Å². The third-order valence-corrected chi connectivity index (χ3v) is 6.01. The lowest BCUT2D eigenvalue weighted by Crippen LogP contribution is -2.52. The first-order valence-electron chi connectivity index (χ1n) is 11.6. The van der Waals surface area contributed by atoms with Crippen LogP contribution in [0.3, 0.4) is 0 Å². The Labute approximate surface area is 213 Å². The molecule has 0 aliphatic rings. The van der Waals surface area contributed by atoms with Crippen LogP contribution in [0.25, 0.3) is 21.5 Å². The minimum atomic E-state index is -4.66. The maximum Gasteiger partial charge on any atom is 0.419 e. The van der Waals surface area contributed by atoms with Gasteiger partial charge in [0.25, 0.3) is 0 Å². The number of amides is 1. The molecule has 6 nitrogen and oxygen atoms in total. The number of fused-ring (bicyclic) bond motifs is 1. The zero-order chi connectivity index (χ0) is 26.9. The number of hydrogen-bond acceptors (Lipinski definition) is 6. The molecule has 0 radical (unpaired) electrons. The second-order valence-corrected chi connectivity index (χ2v) is 11.4. The molecule has 196 valence electrons. The standard InChI is InChI=1S/C26H32F3N3O3S/c1-15(2)13-25(7,32-23(33)35-24(4,5)6)14-34-20-9-8-17(12-19(20)26(27,28)29)21-18-10-11-36-22(18)31-16(3)30-21/h8-12,15H,13-14H2,1-7H3,(H,32,33)/t25-/m0/s1. The number of rotatable bonds is 7. The Kier molecular flexibility index (Phi) is 7.88. The van der Waals surface area contributed by atoms with Crippen LogP contribution < -0.4 is 10.1 Å². The summed E-state index contributed by atoms with van der Waals surface area (Å²) in [6.07, 6.45) is -4.84. The highest BCUT2D eigenvalue weighted by Gasteiger charge is 2.37. The smallest absolute Gasteiger partial charge is 0.419 e. The van der Waals surface area contributed by atoms with Gasteiger partial charge in [-0.15, -0.1) is 11.3 Å². The van der Waals surface area contributed by atoms with Crippen LogP contribution in [0.1, 0.15) is 59.4 Å². The van der Waals surface area contributed by atoms with Crippen molar-refractivity contribution in [1.82, 2.24) is 15.3 Å². The van der Waals surface area contributed by atoms with Gasteiger partial charge in [-0.05, 0) is 76.6 Å². The molecule has 3 aromatic rings. The summed E-state index contributed by atoms with van der Waals surface area (Å²) in [5.41, 5.74) is -1.82. The molecule has 0 fully saturated rings. The maximum absolute atomic E-state index is 14.1. The van der Waals surface area contributed by atoms with Gasteiger partial charge in [0.1, 0.15) is 28.6 Å². The molecule has 2 aromatic heterocycles. The number of hydrogen-bond donors (Lipinski definition) is 1. The third kappa shape index (κ3) is 7.09. The quantitative estimate of drug-likeness (QED) is 0.349. The number of alkyl carbamates (subject to hydrolysis) is 1. The highest BCUT2D eigenvalue weighted by Crippen LogP contribution is 2.40. The normalized spacial score (nSPS) is 14.1. The fourth-order valence-corrected chi connectivity index (χ4v) is 4.85. The molecule has 0 saturated heterocycles. The van der Waals surface area contributed by atoms with Gasteiger partial charge in [0, 0.05) is 10.9 Å². The van der Waals surface area contributed by atoms with Crippen LogP contribution in [-0.4, -0.2) is 33.8 Å².